The van der Waals surface area contributed by atoms with E-state index >= 15 is 0 Å². The molecule has 11 heteroatoms. The molecule has 0 radical (unpaired) electrons. The molecule has 2 N–H and O–H groups in total. The van der Waals surface area contributed by atoms with E-state index in [2.05, 4.69) is 25.5 Å². The molecule has 1 amide bonds. The van der Waals surface area contributed by atoms with Gasteiger partial charge in [-0.1, -0.05) is 12.1 Å². The van der Waals surface area contributed by atoms with Crippen molar-refractivity contribution in [2.75, 3.05) is 52.8 Å². The van der Waals surface area contributed by atoms with Gasteiger partial charge in [0.15, 0.2) is 0 Å². The highest BCUT2D eigenvalue weighted by Crippen LogP contribution is 2.30. The molecule has 36 heavy (non-hydrogen) atoms. The van der Waals surface area contributed by atoms with Crippen LogP contribution in [0.4, 0.5) is 19.0 Å². The summed E-state index contributed by atoms with van der Waals surface area (Å²) in [5, 5.41) is 6.32. The average molecular weight is 506 g/mol. The molecule has 0 atom stereocenters. The lowest BCUT2D eigenvalue weighted by molar-refractivity contribution is -0.137. The molecule has 0 spiro atoms. The minimum Gasteiger partial charge on any atom is -0.493 e. The predicted molar refractivity (Wildman–Crippen MR) is 131 cm³/mol. The number of carbonyl (C=O) groups excluding carboxylic acids is 1. The fraction of sp³-hybridized carbons (Fsp3) is 0.400. The second kappa shape index (κ2) is 12.5. The van der Waals surface area contributed by atoms with Crippen LogP contribution in [0.25, 0.3) is 10.9 Å². The molecule has 2 aromatic carbocycles. The quantitative estimate of drug-likeness (QED) is 0.360. The van der Waals surface area contributed by atoms with Gasteiger partial charge in [0.1, 0.15) is 17.9 Å². The Balaban J connectivity index is 1.78. The van der Waals surface area contributed by atoms with Gasteiger partial charge in [0, 0.05) is 39.2 Å². The summed E-state index contributed by atoms with van der Waals surface area (Å²) < 4.78 is 49.5. The van der Waals surface area contributed by atoms with Crippen LogP contribution in [-0.4, -0.2) is 68.3 Å². The van der Waals surface area contributed by atoms with E-state index in [1.807, 2.05) is 7.05 Å². The number of aromatic nitrogens is 2. The van der Waals surface area contributed by atoms with Gasteiger partial charge >= 0.3 is 6.18 Å². The first kappa shape index (κ1) is 27.2. The Hall–Kier alpha value is -3.44. The first-order chi connectivity index (χ1) is 17.2. The second-order valence-corrected chi connectivity index (χ2v) is 8.21. The first-order valence-corrected chi connectivity index (χ1v) is 11.4. The summed E-state index contributed by atoms with van der Waals surface area (Å²) >= 11 is 0. The summed E-state index contributed by atoms with van der Waals surface area (Å²) in [6.45, 7) is 2.97. The summed E-state index contributed by atoms with van der Waals surface area (Å²) in [6.07, 6.45) is -2.28. The molecule has 194 valence electrons. The molecule has 3 rings (SSSR count). The number of carbonyl (C=O) groups is 1. The van der Waals surface area contributed by atoms with Crippen LogP contribution < -0.4 is 15.4 Å². The van der Waals surface area contributed by atoms with Crippen molar-refractivity contribution in [3.63, 3.8) is 0 Å². The van der Waals surface area contributed by atoms with E-state index in [0.29, 0.717) is 46.8 Å². The van der Waals surface area contributed by atoms with Crippen LogP contribution in [0.3, 0.4) is 0 Å². The third kappa shape index (κ3) is 7.28. The third-order valence-electron chi connectivity index (χ3n) is 5.56. The number of ether oxygens (including phenoxy) is 2. The van der Waals surface area contributed by atoms with Gasteiger partial charge in [0.05, 0.1) is 29.9 Å². The summed E-state index contributed by atoms with van der Waals surface area (Å²) in [7, 11) is 5.20. The van der Waals surface area contributed by atoms with Gasteiger partial charge in [0.25, 0.3) is 5.91 Å². The van der Waals surface area contributed by atoms with Gasteiger partial charge in [-0.2, -0.15) is 13.2 Å². The number of amides is 1. The smallest absolute Gasteiger partial charge is 0.416 e. The molecular weight excluding hydrogens is 475 g/mol. The number of likely N-dealkylation sites (N-methyl/N-ethyl adjacent to an activating group) is 1. The number of hydrogen-bond donors (Lipinski definition) is 2. The number of halogens is 3. The van der Waals surface area contributed by atoms with Crippen LogP contribution >= 0.6 is 0 Å². The van der Waals surface area contributed by atoms with E-state index in [-0.39, 0.29) is 12.5 Å². The molecular formula is C25H30F3N5O3. The fourth-order valence-corrected chi connectivity index (χ4v) is 3.55. The Morgan fingerprint density at radius 3 is 2.50 bits per heavy atom. The second-order valence-electron chi connectivity index (χ2n) is 8.21. The van der Waals surface area contributed by atoms with Crippen molar-refractivity contribution in [2.45, 2.75) is 19.1 Å². The van der Waals surface area contributed by atoms with Gasteiger partial charge in [-0.15, -0.1) is 0 Å². The average Bonchev–Trinajstić information content (AvgIpc) is 2.87. The van der Waals surface area contributed by atoms with Crippen molar-refractivity contribution < 1.29 is 27.4 Å². The normalized spacial score (nSPS) is 11.6. The molecule has 0 saturated heterocycles. The van der Waals surface area contributed by atoms with Crippen molar-refractivity contribution >= 4 is 22.6 Å². The monoisotopic (exact) mass is 505 g/mol. The van der Waals surface area contributed by atoms with Crippen LogP contribution in [0.15, 0.2) is 42.7 Å². The fourth-order valence-electron chi connectivity index (χ4n) is 3.55. The molecule has 3 aromatic rings. The van der Waals surface area contributed by atoms with Gasteiger partial charge < -0.3 is 25.0 Å². The summed E-state index contributed by atoms with van der Waals surface area (Å²) in [4.78, 5) is 23.3. The highest BCUT2D eigenvalue weighted by molar-refractivity contribution is 6.08. The summed E-state index contributed by atoms with van der Waals surface area (Å²) in [5.74, 6) is 0.611. The van der Waals surface area contributed by atoms with E-state index in [1.165, 1.54) is 25.5 Å². The molecule has 0 bridgehead atoms. The van der Waals surface area contributed by atoms with Crippen LogP contribution in [0, 0.1) is 0 Å². The molecule has 0 aliphatic rings. The number of hydrogen-bond acceptors (Lipinski definition) is 7. The standard InChI is InChI=1S/C25H30F3N5O3/c1-29-24(34)21-14-19(36-11-4-9-33(2)10-12-35-3)13-20-22(21)31-16-32-23(20)30-15-17-5-7-18(8-6-17)25(26,27)28/h5-8,13-14,16H,4,9-12,15H2,1-3H3,(H,29,34)(H,30,31,32). The minimum atomic E-state index is -4.39. The molecule has 0 saturated carbocycles. The van der Waals surface area contributed by atoms with Crippen molar-refractivity contribution in [3.05, 3.63) is 59.4 Å². The van der Waals surface area contributed by atoms with Crippen molar-refractivity contribution in [1.82, 2.24) is 20.2 Å². The topological polar surface area (TPSA) is 88.6 Å². The maximum atomic E-state index is 12.8. The van der Waals surface area contributed by atoms with E-state index in [4.69, 9.17) is 9.47 Å². The number of anilines is 1. The van der Waals surface area contributed by atoms with Crippen molar-refractivity contribution in [1.29, 1.82) is 0 Å². The zero-order chi connectivity index (χ0) is 26.1. The largest absolute Gasteiger partial charge is 0.493 e. The molecule has 0 unspecified atom stereocenters. The van der Waals surface area contributed by atoms with Crippen LogP contribution in [0.2, 0.25) is 0 Å². The number of nitrogens with zero attached hydrogens (tertiary/aromatic N) is 3. The minimum absolute atomic E-state index is 0.235. The Morgan fingerprint density at radius 1 is 1.08 bits per heavy atom. The predicted octanol–water partition coefficient (Wildman–Crippen LogP) is 3.97. The number of nitrogens with one attached hydrogen (secondary N) is 2. The number of methoxy groups -OCH3 is 1. The molecule has 1 heterocycles. The molecule has 1 aromatic heterocycles. The van der Waals surface area contributed by atoms with Crippen LogP contribution in [-0.2, 0) is 17.5 Å². The number of benzene rings is 2. The summed E-state index contributed by atoms with van der Waals surface area (Å²) in [6, 6.07) is 8.30. The third-order valence-corrected chi connectivity index (χ3v) is 5.56. The van der Waals surface area contributed by atoms with Gasteiger partial charge in [-0.25, -0.2) is 9.97 Å². The maximum Gasteiger partial charge on any atom is 0.416 e. The van der Waals surface area contributed by atoms with E-state index in [0.717, 1.165) is 31.6 Å². The maximum absolute atomic E-state index is 12.8. The van der Waals surface area contributed by atoms with Gasteiger partial charge in [0.2, 0.25) is 0 Å². The van der Waals surface area contributed by atoms with Crippen molar-refractivity contribution in [3.8, 4) is 5.75 Å². The highest BCUT2D eigenvalue weighted by atomic mass is 19.4. The van der Waals surface area contributed by atoms with Crippen molar-refractivity contribution in [2.24, 2.45) is 0 Å². The Morgan fingerprint density at radius 2 is 1.83 bits per heavy atom. The zero-order valence-corrected chi connectivity index (χ0v) is 20.5. The Labute approximate surface area is 207 Å². The molecule has 0 aliphatic carbocycles. The molecule has 8 nitrogen and oxygen atoms in total. The lowest BCUT2D eigenvalue weighted by Gasteiger charge is -2.16. The number of alkyl halides is 3. The zero-order valence-electron chi connectivity index (χ0n) is 20.5. The lowest BCUT2D eigenvalue weighted by atomic mass is 10.1. The van der Waals surface area contributed by atoms with Crippen LogP contribution in [0.5, 0.6) is 5.75 Å². The first-order valence-electron chi connectivity index (χ1n) is 11.4. The Bertz CT molecular complexity index is 1160. The van der Waals surface area contributed by atoms with Gasteiger partial charge in [-0.3, -0.25) is 4.79 Å². The van der Waals surface area contributed by atoms with E-state index in [1.54, 1.807) is 19.2 Å². The lowest BCUT2D eigenvalue weighted by Crippen LogP contribution is -2.25. The molecule has 0 aliphatic heterocycles. The van der Waals surface area contributed by atoms with Gasteiger partial charge in [-0.05, 0) is 43.3 Å². The highest BCUT2D eigenvalue weighted by Gasteiger charge is 2.29. The number of rotatable bonds is 12. The summed E-state index contributed by atoms with van der Waals surface area (Å²) in [5.41, 5.74) is 0.708. The number of fused-ring (bicyclic) bond motifs is 1. The Kier molecular flexibility index (Phi) is 9.43. The van der Waals surface area contributed by atoms with Crippen LogP contribution in [0.1, 0.15) is 27.9 Å². The molecule has 0 fully saturated rings. The van der Waals surface area contributed by atoms with E-state index in [9.17, 15) is 18.0 Å². The SMILES string of the molecule is CNC(=O)c1cc(OCCCN(C)CCOC)cc2c(NCc3ccc(C(F)(F)F)cc3)ncnc12. The van der Waals surface area contributed by atoms with E-state index < -0.39 is 11.7 Å².